The van der Waals surface area contributed by atoms with Crippen molar-refractivity contribution in [1.29, 1.82) is 0 Å². The van der Waals surface area contributed by atoms with Crippen LogP contribution < -0.4 is 0 Å². The SMILES string of the molecule is O=C1[C@@H]2CCCCC[C@@H]1CN(Cc1ccccc1)C2. The van der Waals surface area contributed by atoms with Gasteiger partial charge in [0, 0.05) is 31.5 Å². The van der Waals surface area contributed by atoms with Crippen LogP contribution >= 0.6 is 0 Å². The third-order valence-corrected chi connectivity index (χ3v) is 4.62. The van der Waals surface area contributed by atoms with Crippen molar-refractivity contribution in [3.8, 4) is 0 Å². The number of carbonyl (C=O) groups is 1. The van der Waals surface area contributed by atoms with Gasteiger partial charge in [0.25, 0.3) is 0 Å². The summed E-state index contributed by atoms with van der Waals surface area (Å²) in [7, 11) is 0. The Morgan fingerprint density at radius 3 is 2.21 bits per heavy atom. The molecule has 2 fully saturated rings. The highest BCUT2D eigenvalue weighted by atomic mass is 16.1. The van der Waals surface area contributed by atoms with Crippen molar-refractivity contribution in [3.63, 3.8) is 0 Å². The van der Waals surface area contributed by atoms with Gasteiger partial charge < -0.3 is 0 Å². The molecule has 2 heteroatoms. The van der Waals surface area contributed by atoms with E-state index in [4.69, 9.17) is 0 Å². The van der Waals surface area contributed by atoms with Gasteiger partial charge in [0.1, 0.15) is 5.78 Å². The summed E-state index contributed by atoms with van der Waals surface area (Å²) in [6.07, 6.45) is 6.02. The molecule has 102 valence electrons. The lowest BCUT2D eigenvalue weighted by atomic mass is 9.79. The predicted molar refractivity (Wildman–Crippen MR) is 76.8 cm³/mol. The summed E-state index contributed by atoms with van der Waals surface area (Å²) in [6.45, 7) is 2.95. The largest absolute Gasteiger partial charge is 0.299 e. The molecule has 19 heavy (non-hydrogen) atoms. The van der Waals surface area contributed by atoms with Crippen molar-refractivity contribution >= 4 is 5.78 Å². The molecule has 1 aromatic rings. The Bertz CT molecular complexity index is 410. The monoisotopic (exact) mass is 257 g/mol. The Morgan fingerprint density at radius 1 is 0.947 bits per heavy atom. The van der Waals surface area contributed by atoms with Crippen LogP contribution in [-0.4, -0.2) is 23.8 Å². The number of fused-ring (bicyclic) bond motifs is 2. The van der Waals surface area contributed by atoms with Gasteiger partial charge in [-0.2, -0.15) is 0 Å². The van der Waals surface area contributed by atoms with Crippen molar-refractivity contribution in [3.05, 3.63) is 35.9 Å². The van der Waals surface area contributed by atoms with Crippen molar-refractivity contribution in [2.75, 3.05) is 13.1 Å². The number of Topliss-reactive ketones (excluding diaryl/α,β-unsaturated/α-hetero) is 1. The maximum atomic E-state index is 12.4. The fourth-order valence-corrected chi connectivity index (χ4v) is 3.61. The maximum Gasteiger partial charge on any atom is 0.141 e. The number of piperidine rings is 1. The number of rotatable bonds is 2. The molecule has 0 radical (unpaired) electrons. The van der Waals surface area contributed by atoms with E-state index in [2.05, 4.69) is 35.2 Å². The zero-order chi connectivity index (χ0) is 13.1. The third-order valence-electron chi connectivity index (χ3n) is 4.62. The third kappa shape index (κ3) is 3.06. The molecule has 0 N–H and O–H groups in total. The van der Waals surface area contributed by atoms with Gasteiger partial charge in [-0.05, 0) is 18.4 Å². The summed E-state index contributed by atoms with van der Waals surface area (Å²) >= 11 is 0. The smallest absolute Gasteiger partial charge is 0.141 e. The van der Waals surface area contributed by atoms with Crippen LogP contribution in [-0.2, 0) is 11.3 Å². The van der Waals surface area contributed by atoms with Gasteiger partial charge in [0.05, 0.1) is 0 Å². The fraction of sp³-hybridized carbons (Fsp3) is 0.588. The first-order valence-electron chi connectivity index (χ1n) is 7.63. The van der Waals surface area contributed by atoms with Crippen LogP contribution in [0.15, 0.2) is 30.3 Å². The second-order valence-corrected chi connectivity index (χ2v) is 6.11. The van der Waals surface area contributed by atoms with E-state index in [1.807, 2.05) is 0 Å². The van der Waals surface area contributed by atoms with Crippen LogP contribution in [0.2, 0.25) is 0 Å². The molecule has 1 aliphatic carbocycles. The van der Waals surface area contributed by atoms with Crippen LogP contribution in [0, 0.1) is 11.8 Å². The van der Waals surface area contributed by atoms with E-state index in [0.717, 1.165) is 32.5 Å². The van der Waals surface area contributed by atoms with Gasteiger partial charge >= 0.3 is 0 Å². The quantitative estimate of drug-likeness (QED) is 0.810. The van der Waals surface area contributed by atoms with Crippen molar-refractivity contribution in [2.45, 2.75) is 38.6 Å². The molecule has 2 aliphatic rings. The molecular formula is C17H23NO. The molecule has 0 spiro atoms. The molecule has 0 aromatic heterocycles. The number of hydrogen-bond donors (Lipinski definition) is 0. The highest BCUT2D eigenvalue weighted by molar-refractivity contribution is 5.84. The van der Waals surface area contributed by atoms with Gasteiger partial charge in [0.15, 0.2) is 0 Å². The standard InChI is InChI=1S/C17H23NO/c19-17-15-9-5-2-6-10-16(17)13-18(12-15)11-14-7-3-1-4-8-14/h1,3-4,7-8,15-16H,2,5-6,9-13H2/t15-,16-/m1/s1. The molecule has 1 aliphatic heterocycles. The normalized spacial score (nSPS) is 28.7. The number of hydrogen-bond acceptors (Lipinski definition) is 2. The van der Waals surface area contributed by atoms with Gasteiger partial charge in [-0.15, -0.1) is 0 Å². The van der Waals surface area contributed by atoms with Gasteiger partial charge in [0.2, 0.25) is 0 Å². The molecule has 3 rings (SSSR count). The Morgan fingerprint density at radius 2 is 1.58 bits per heavy atom. The van der Waals surface area contributed by atoms with Crippen molar-refractivity contribution in [1.82, 2.24) is 4.90 Å². The molecule has 2 nitrogen and oxygen atoms in total. The topological polar surface area (TPSA) is 20.3 Å². The van der Waals surface area contributed by atoms with E-state index in [0.29, 0.717) is 17.6 Å². The molecule has 1 saturated carbocycles. The lowest BCUT2D eigenvalue weighted by molar-refractivity contribution is -0.132. The Balaban J connectivity index is 1.69. The molecule has 1 aromatic carbocycles. The second-order valence-electron chi connectivity index (χ2n) is 6.11. The van der Waals surface area contributed by atoms with Gasteiger partial charge in [-0.3, -0.25) is 9.69 Å². The van der Waals surface area contributed by atoms with Gasteiger partial charge in [-0.1, -0.05) is 49.6 Å². The molecule has 2 bridgehead atoms. The summed E-state index contributed by atoms with van der Waals surface area (Å²) in [6, 6.07) is 10.6. The van der Waals surface area contributed by atoms with E-state index in [9.17, 15) is 4.79 Å². The van der Waals surface area contributed by atoms with E-state index < -0.39 is 0 Å². The number of nitrogens with zero attached hydrogens (tertiary/aromatic N) is 1. The molecule has 1 saturated heterocycles. The van der Waals surface area contributed by atoms with E-state index >= 15 is 0 Å². The fourth-order valence-electron chi connectivity index (χ4n) is 3.61. The lowest BCUT2D eigenvalue weighted by Crippen LogP contribution is -2.46. The summed E-state index contributed by atoms with van der Waals surface area (Å²) in [5.41, 5.74) is 1.37. The van der Waals surface area contributed by atoms with E-state index in [-0.39, 0.29) is 0 Å². The number of likely N-dealkylation sites (tertiary alicyclic amines) is 1. The maximum absolute atomic E-state index is 12.4. The first-order chi connectivity index (χ1) is 9.33. The van der Waals surface area contributed by atoms with E-state index in [1.54, 1.807) is 0 Å². The molecule has 0 amide bonds. The minimum absolute atomic E-state index is 0.308. The highest BCUT2D eigenvalue weighted by Gasteiger charge is 2.35. The zero-order valence-corrected chi connectivity index (χ0v) is 11.6. The summed E-state index contributed by atoms with van der Waals surface area (Å²) in [5, 5.41) is 0. The molecule has 2 atom stereocenters. The van der Waals surface area contributed by atoms with Crippen LogP contribution in [0.5, 0.6) is 0 Å². The Hall–Kier alpha value is -1.15. The highest BCUT2D eigenvalue weighted by Crippen LogP contribution is 2.30. The Kier molecular flexibility index (Phi) is 3.97. The average Bonchev–Trinajstić information content (AvgIpc) is 2.43. The number of carbonyl (C=O) groups excluding carboxylic acids is 1. The summed E-state index contributed by atoms with van der Waals surface area (Å²) in [5.74, 6) is 1.18. The number of benzene rings is 1. The van der Waals surface area contributed by atoms with Crippen LogP contribution in [0.4, 0.5) is 0 Å². The second kappa shape index (κ2) is 5.87. The van der Waals surface area contributed by atoms with E-state index in [1.165, 1.54) is 24.8 Å². The van der Waals surface area contributed by atoms with Crippen molar-refractivity contribution in [2.24, 2.45) is 11.8 Å². The summed E-state index contributed by atoms with van der Waals surface area (Å²) < 4.78 is 0. The molecule has 1 heterocycles. The first kappa shape index (κ1) is 12.9. The van der Waals surface area contributed by atoms with Crippen molar-refractivity contribution < 1.29 is 4.79 Å². The van der Waals surface area contributed by atoms with Crippen LogP contribution in [0.3, 0.4) is 0 Å². The number of ketones is 1. The lowest BCUT2D eigenvalue weighted by Gasteiger charge is -2.38. The Labute approximate surface area is 115 Å². The predicted octanol–water partition coefficient (Wildman–Crippen LogP) is 3.27. The zero-order valence-electron chi connectivity index (χ0n) is 11.6. The molecular weight excluding hydrogens is 234 g/mol. The van der Waals surface area contributed by atoms with Crippen LogP contribution in [0.25, 0.3) is 0 Å². The minimum Gasteiger partial charge on any atom is -0.299 e. The molecule has 0 unspecified atom stereocenters. The minimum atomic E-state index is 0.308. The first-order valence-corrected chi connectivity index (χ1v) is 7.63. The van der Waals surface area contributed by atoms with Gasteiger partial charge in [-0.25, -0.2) is 0 Å². The van der Waals surface area contributed by atoms with Crippen LogP contribution in [0.1, 0.15) is 37.7 Å². The average molecular weight is 257 g/mol. The summed E-state index contributed by atoms with van der Waals surface area (Å²) in [4.78, 5) is 14.8.